The van der Waals surface area contributed by atoms with Crippen LogP contribution < -0.4 is 10.6 Å². The predicted octanol–water partition coefficient (Wildman–Crippen LogP) is 1.48. The van der Waals surface area contributed by atoms with Gasteiger partial charge in [-0.15, -0.1) is 0 Å². The lowest BCUT2D eigenvalue weighted by atomic mass is 10.3. The van der Waals surface area contributed by atoms with Crippen LogP contribution in [0.1, 0.15) is 12.6 Å². The summed E-state index contributed by atoms with van der Waals surface area (Å²) < 4.78 is 0. The van der Waals surface area contributed by atoms with E-state index in [0.717, 1.165) is 24.6 Å². The van der Waals surface area contributed by atoms with Gasteiger partial charge in [0, 0.05) is 30.6 Å². The largest absolute Gasteiger partial charge is 0.355 e. The van der Waals surface area contributed by atoms with Gasteiger partial charge >= 0.3 is 0 Å². The van der Waals surface area contributed by atoms with E-state index in [2.05, 4.69) is 22.9 Å². The molecule has 1 aliphatic rings. The van der Waals surface area contributed by atoms with Crippen LogP contribution in [0.3, 0.4) is 0 Å². The van der Waals surface area contributed by atoms with Gasteiger partial charge in [-0.25, -0.2) is 4.98 Å². The average molecular weight is 223 g/mol. The topological polar surface area (TPSA) is 42.1 Å². The van der Waals surface area contributed by atoms with Crippen molar-refractivity contribution in [3.05, 3.63) is 23.9 Å². The Morgan fingerprint density at radius 2 is 2.47 bits per heavy atom. The summed E-state index contributed by atoms with van der Waals surface area (Å²) in [6.07, 6.45) is 0. The SMILES string of the molecule is CC1CN(c2cccc(CN)n2)CCS1. The standard InChI is InChI=1S/C11H17N3S/c1-9-8-14(5-6-15-9)11-4-2-3-10(7-12)13-11/h2-4,9H,5-8,12H2,1H3. The molecule has 3 nitrogen and oxygen atoms in total. The lowest BCUT2D eigenvalue weighted by Gasteiger charge is -2.31. The van der Waals surface area contributed by atoms with E-state index in [0.29, 0.717) is 11.8 Å². The molecule has 0 saturated carbocycles. The van der Waals surface area contributed by atoms with Gasteiger partial charge < -0.3 is 10.6 Å². The Hall–Kier alpha value is -0.740. The van der Waals surface area contributed by atoms with E-state index >= 15 is 0 Å². The molecule has 1 aliphatic heterocycles. The predicted molar refractivity (Wildman–Crippen MR) is 66.3 cm³/mol. The highest BCUT2D eigenvalue weighted by Gasteiger charge is 2.17. The molecule has 1 fully saturated rings. The second-order valence-corrected chi connectivity index (χ2v) is 5.36. The first-order chi connectivity index (χ1) is 7.29. The monoisotopic (exact) mass is 223 g/mol. The van der Waals surface area contributed by atoms with Crippen LogP contribution in [0.5, 0.6) is 0 Å². The zero-order chi connectivity index (χ0) is 10.7. The quantitative estimate of drug-likeness (QED) is 0.824. The number of thioether (sulfide) groups is 1. The number of rotatable bonds is 2. The molecule has 0 amide bonds. The van der Waals surface area contributed by atoms with Gasteiger partial charge in [-0.2, -0.15) is 11.8 Å². The van der Waals surface area contributed by atoms with Gasteiger partial charge in [0.05, 0.1) is 5.69 Å². The van der Waals surface area contributed by atoms with Crippen molar-refractivity contribution in [2.45, 2.75) is 18.7 Å². The fourth-order valence-corrected chi connectivity index (χ4v) is 2.80. The third-order valence-electron chi connectivity index (χ3n) is 2.57. The molecule has 4 heteroatoms. The summed E-state index contributed by atoms with van der Waals surface area (Å²) in [5.41, 5.74) is 6.56. The number of pyridine rings is 1. The van der Waals surface area contributed by atoms with Gasteiger partial charge in [-0.1, -0.05) is 13.0 Å². The summed E-state index contributed by atoms with van der Waals surface area (Å²) in [7, 11) is 0. The summed E-state index contributed by atoms with van der Waals surface area (Å²) in [4.78, 5) is 6.89. The second kappa shape index (κ2) is 4.86. The molecule has 1 unspecified atom stereocenters. The van der Waals surface area contributed by atoms with Crippen LogP contribution in [0.15, 0.2) is 18.2 Å². The minimum Gasteiger partial charge on any atom is -0.355 e. The summed E-state index contributed by atoms with van der Waals surface area (Å²) in [5, 5.41) is 0.696. The molecule has 0 spiro atoms. The van der Waals surface area contributed by atoms with Crippen LogP contribution in [0.25, 0.3) is 0 Å². The van der Waals surface area contributed by atoms with Crippen LogP contribution in [0.2, 0.25) is 0 Å². The molecule has 15 heavy (non-hydrogen) atoms. The molecule has 2 N–H and O–H groups in total. The molecule has 2 heterocycles. The van der Waals surface area contributed by atoms with E-state index < -0.39 is 0 Å². The number of hydrogen-bond donors (Lipinski definition) is 1. The van der Waals surface area contributed by atoms with Crippen molar-refractivity contribution in [1.82, 2.24) is 4.98 Å². The first kappa shape index (κ1) is 10.8. The Bertz CT molecular complexity index is 329. The van der Waals surface area contributed by atoms with Gasteiger partial charge in [-0.3, -0.25) is 0 Å². The van der Waals surface area contributed by atoms with Crippen LogP contribution in [-0.2, 0) is 6.54 Å². The highest BCUT2D eigenvalue weighted by molar-refractivity contribution is 8.00. The van der Waals surface area contributed by atoms with Crippen molar-refractivity contribution in [2.75, 3.05) is 23.7 Å². The van der Waals surface area contributed by atoms with Crippen LogP contribution >= 0.6 is 11.8 Å². The molecule has 0 aromatic carbocycles. The van der Waals surface area contributed by atoms with E-state index in [1.807, 2.05) is 23.9 Å². The summed E-state index contributed by atoms with van der Waals surface area (Å²) >= 11 is 2.03. The van der Waals surface area contributed by atoms with Gasteiger partial charge in [0.1, 0.15) is 5.82 Å². The van der Waals surface area contributed by atoms with E-state index in [9.17, 15) is 0 Å². The summed E-state index contributed by atoms with van der Waals surface area (Å²) in [6.45, 7) is 4.97. The number of nitrogens with two attached hydrogens (primary N) is 1. The van der Waals surface area contributed by atoms with E-state index in [4.69, 9.17) is 5.73 Å². The fourth-order valence-electron chi connectivity index (χ4n) is 1.78. The van der Waals surface area contributed by atoms with E-state index in [1.165, 1.54) is 5.75 Å². The smallest absolute Gasteiger partial charge is 0.128 e. The van der Waals surface area contributed by atoms with Gasteiger partial charge in [0.15, 0.2) is 0 Å². The number of anilines is 1. The Labute approximate surface area is 95.1 Å². The van der Waals surface area contributed by atoms with Crippen molar-refractivity contribution in [3.63, 3.8) is 0 Å². The Kier molecular flexibility index (Phi) is 3.49. The van der Waals surface area contributed by atoms with E-state index in [-0.39, 0.29) is 0 Å². The van der Waals surface area contributed by atoms with Gasteiger partial charge in [0.2, 0.25) is 0 Å². The number of hydrogen-bond acceptors (Lipinski definition) is 4. The summed E-state index contributed by atoms with van der Waals surface area (Å²) in [6, 6.07) is 6.09. The molecule has 0 bridgehead atoms. The minimum absolute atomic E-state index is 0.520. The Balaban J connectivity index is 2.13. The zero-order valence-electron chi connectivity index (χ0n) is 9.02. The van der Waals surface area contributed by atoms with Crippen LogP contribution in [0.4, 0.5) is 5.82 Å². The van der Waals surface area contributed by atoms with Crippen molar-refractivity contribution < 1.29 is 0 Å². The molecular formula is C11H17N3S. The highest BCUT2D eigenvalue weighted by Crippen LogP contribution is 2.22. The first-order valence-corrected chi connectivity index (χ1v) is 6.37. The highest BCUT2D eigenvalue weighted by atomic mass is 32.2. The maximum Gasteiger partial charge on any atom is 0.128 e. The molecular weight excluding hydrogens is 206 g/mol. The maximum atomic E-state index is 5.59. The third kappa shape index (κ3) is 2.63. The maximum absolute atomic E-state index is 5.59. The Morgan fingerprint density at radius 3 is 3.20 bits per heavy atom. The number of nitrogens with zero attached hydrogens (tertiary/aromatic N) is 2. The van der Waals surface area contributed by atoms with Crippen molar-refractivity contribution in [1.29, 1.82) is 0 Å². The molecule has 1 aromatic heterocycles. The molecule has 0 radical (unpaired) electrons. The second-order valence-electron chi connectivity index (χ2n) is 3.82. The van der Waals surface area contributed by atoms with Crippen molar-refractivity contribution in [3.8, 4) is 0 Å². The number of aromatic nitrogens is 1. The van der Waals surface area contributed by atoms with Gasteiger partial charge in [0.25, 0.3) is 0 Å². The normalized spacial score (nSPS) is 21.7. The minimum atomic E-state index is 0.520. The van der Waals surface area contributed by atoms with E-state index in [1.54, 1.807) is 0 Å². The third-order valence-corrected chi connectivity index (χ3v) is 3.70. The van der Waals surface area contributed by atoms with Crippen molar-refractivity contribution in [2.24, 2.45) is 5.73 Å². The molecule has 82 valence electrons. The van der Waals surface area contributed by atoms with Gasteiger partial charge in [-0.05, 0) is 12.1 Å². The molecule has 1 saturated heterocycles. The molecule has 1 atom stereocenters. The zero-order valence-corrected chi connectivity index (χ0v) is 9.83. The molecule has 1 aromatic rings. The van der Waals surface area contributed by atoms with Crippen LogP contribution in [-0.4, -0.2) is 29.1 Å². The first-order valence-electron chi connectivity index (χ1n) is 5.32. The average Bonchev–Trinajstić information content (AvgIpc) is 2.29. The molecule has 0 aliphatic carbocycles. The lowest BCUT2D eigenvalue weighted by molar-refractivity contribution is 0.765. The molecule has 2 rings (SSSR count). The summed E-state index contributed by atoms with van der Waals surface area (Å²) in [5.74, 6) is 2.26. The fraction of sp³-hybridized carbons (Fsp3) is 0.545. The van der Waals surface area contributed by atoms with Crippen molar-refractivity contribution >= 4 is 17.6 Å². The Morgan fingerprint density at radius 1 is 1.60 bits per heavy atom. The lowest BCUT2D eigenvalue weighted by Crippen LogP contribution is -2.37. The van der Waals surface area contributed by atoms with Crippen LogP contribution in [0, 0.1) is 0 Å².